The first-order chi connectivity index (χ1) is 13.0. The Morgan fingerprint density at radius 1 is 1.07 bits per heavy atom. The fourth-order valence-corrected chi connectivity index (χ4v) is 2.58. The van der Waals surface area contributed by atoms with Gasteiger partial charge in [0.15, 0.2) is 11.5 Å². The summed E-state index contributed by atoms with van der Waals surface area (Å²) in [5, 5.41) is 14.7. The van der Waals surface area contributed by atoms with E-state index in [0.29, 0.717) is 23.1 Å². The van der Waals surface area contributed by atoms with Crippen molar-refractivity contribution < 1.29 is 9.53 Å². The minimum Gasteiger partial charge on any atom is -0.495 e. The monoisotopic (exact) mass is 382 g/mol. The summed E-state index contributed by atoms with van der Waals surface area (Å²) in [7, 11) is 1.61. The lowest BCUT2D eigenvalue weighted by Crippen LogP contribution is -2.24. The van der Waals surface area contributed by atoms with Crippen LogP contribution in [0.3, 0.4) is 0 Å². The van der Waals surface area contributed by atoms with Crippen molar-refractivity contribution in [2.75, 3.05) is 12.4 Å². The van der Waals surface area contributed by atoms with Gasteiger partial charge in [-0.3, -0.25) is 4.79 Å². The molecule has 0 unspecified atom stereocenters. The molecule has 0 fully saturated rings. The number of nitrogens with one attached hydrogen (secondary N) is 2. The van der Waals surface area contributed by atoms with E-state index in [4.69, 9.17) is 16.3 Å². The van der Waals surface area contributed by atoms with Crippen molar-refractivity contribution in [3.63, 3.8) is 0 Å². The van der Waals surface area contributed by atoms with Crippen LogP contribution in [0.1, 0.15) is 21.6 Å². The molecular formula is C20H19ClN4O2. The number of aromatic nitrogens is 2. The van der Waals surface area contributed by atoms with Crippen LogP contribution < -0.4 is 15.4 Å². The van der Waals surface area contributed by atoms with Crippen LogP contribution in [0, 0.1) is 6.92 Å². The van der Waals surface area contributed by atoms with Crippen LogP contribution in [0.25, 0.3) is 0 Å². The second kappa shape index (κ2) is 8.51. The van der Waals surface area contributed by atoms with E-state index in [-0.39, 0.29) is 11.6 Å². The van der Waals surface area contributed by atoms with Gasteiger partial charge in [0.05, 0.1) is 12.8 Å². The SMILES string of the molecule is COc1ccc(C)cc1Nc1ccc(C(=O)NCc2ccc(Cl)cc2)nn1. The zero-order valence-corrected chi connectivity index (χ0v) is 15.7. The molecule has 3 rings (SSSR count). The van der Waals surface area contributed by atoms with E-state index in [0.717, 1.165) is 16.8 Å². The van der Waals surface area contributed by atoms with Crippen LogP contribution in [0.15, 0.2) is 54.6 Å². The lowest BCUT2D eigenvalue weighted by molar-refractivity contribution is 0.0945. The van der Waals surface area contributed by atoms with Crippen molar-refractivity contribution in [1.29, 1.82) is 0 Å². The first-order valence-corrected chi connectivity index (χ1v) is 8.71. The van der Waals surface area contributed by atoms with Crippen molar-refractivity contribution in [3.8, 4) is 5.75 Å². The van der Waals surface area contributed by atoms with Gasteiger partial charge in [0.25, 0.3) is 5.91 Å². The third kappa shape index (κ3) is 4.95. The number of benzene rings is 2. The summed E-state index contributed by atoms with van der Waals surface area (Å²) in [6, 6.07) is 16.4. The summed E-state index contributed by atoms with van der Waals surface area (Å²) >= 11 is 5.85. The molecule has 27 heavy (non-hydrogen) atoms. The van der Waals surface area contributed by atoms with Crippen LogP contribution >= 0.6 is 11.6 Å². The molecule has 0 atom stereocenters. The third-order valence-electron chi connectivity index (χ3n) is 3.88. The molecule has 0 aliphatic carbocycles. The van der Waals surface area contributed by atoms with Crippen LogP contribution in [0.4, 0.5) is 11.5 Å². The van der Waals surface area contributed by atoms with E-state index in [1.54, 1.807) is 31.4 Å². The highest BCUT2D eigenvalue weighted by atomic mass is 35.5. The summed E-state index contributed by atoms with van der Waals surface area (Å²) in [5.41, 5.74) is 3.06. The van der Waals surface area contributed by atoms with Gasteiger partial charge >= 0.3 is 0 Å². The highest BCUT2D eigenvalue weighted by Crippen LogP contribution is 2.27. The molecule has 6 nitrogen and oxygen atoms in total. The smallest absolute Gasteiger partial charge is 0.272 e. The second-order valence-corrected chi connectivity index (χ2v) is 6.38. The molecule has 0 radical (unpaired) electrons. The number of nitrogens with zero attached hydrogens (tertiary/aromatic N) is 2. The predicted molar refractivity (Wildman–Crippen MR) is 106 cm³/mol. The van der Waals surface area contributed by atoms with Gasteiger partial charge in [0.1, 0.15) is 5.75 Å². The van der Waals surface area contributed by atoms with Gasteiger partial charge in [-0.15, -0.1) is 10.2 Å². The second-order valence-electron chi connectivity index (χ2n) is 5.94. The quantitative estimate of drug-likeness (QED) is 0.670. The minimum absolute atomic E-state index is 0.241. The van der Waals surface area contributed by atoms with Gasteiger partial charge in [0, 0.05) is 11.6 Å². The number of aryl methyl sites for hydroxylation is 1. The highest BCUT2D eigenvalue weighted by molar-refractivity contribution is 6.30. The summed E-state index contributed by atoms with van der Waals surface area (Å²) in [4.78, 5) is 12.2. The number of hydrogen-bond acceptors (Lipinski definition) is 5. The first kappa shape index (κ1) is 18.7. The summed E-state index contributed by atoms with van der Waals surface area (Å²) in [5.74, 6) is 0.928. The Morgan fingerprint density at radius 3 is 2.52 bits per heavy atom. The van der Waals surface area contributed by atoms with E-state index >= 15 is 0 Å². The van der Waals surface area contributed by atoms with Crippen molar-refractivity contribution in [2.45, 2.75) is 13.5 Å². The zero-order chi connectivity index (χ0) is 19.2. The largest absolute Gasteiger partial charge is 0.495 e. The molecule has 138 valence electrons. The Morgan fingerprint density at radius 2 is 1.85 bits per heavy atom. The average Bonchev–Trinajstić information content (AvgIpc) is 2.68. The molecule has 7 heteroatoms. The van der Waals surface area contributed by atoms with Gasteiger partial charge in [-0.1, -0.05) is 29.8 Å². The number of halogens is 1. The first-order valence-electron chi connectivity index (χ1n) is 8.33. The topological polar surface area (TPSA) is 76.1 Å². The predicted octanol–water partition coefficient (Wildman–Crippen LogP) is 4.12. The molecule has 0 saturated carbocycles. The fraction of sp³-hybridized carbons (Fsp3) is 0.150. The Bertz CT molecular complexity index is 928. The normalized spacial score (nSPS) is 10.3. The van der Waals surface area contributed by atoms with E-state index in [2.05, 4.69) is 20.8 Å². The molecular weight excluding hydrogens is 364 g/mol. The molecule has 0 saturated heterocycles. The molecule has 2 N–H and O–H groups in total. The summed E-state index contributed by atoms with van der Waals surface area (Å²) in [6.45, 7) is 2.38. The molecule has 3 aromatic rings. The maximum absolute atomic E-state index is 12.2. The molecule has 0 aliphatic heterocycles. The van der Waals surface area contributed by atoms with Crippen molar-refractivity contribution in [3.05, 3.63) is 76.4 Å². The molecule has 0 aliphatic rings. The van der Waals surface area contributed by atoms with Gasteiger partial charge in [-0.05, 0) is 54.4 Å². The van der Waals surface area contributed by atoms with Gasteiger partial charge in [0.2, 0.25) is 0 Å². The highest BCUT2D eigenvalue weighted by Gasteiger charge is 2.09. The minimum atomic E-state index is -0.294. The molecule has 2 aromatic carbocycles. The lowest BCUT2D eigenvalue weighted by Gasteiger charge is -2.11. The van der Waals surface area contributed by atoms with E-state index in [9.17, 15) is 4.79 Å². The lowest BCUT2D eigenvalue weighted by atomic mass is 10.2. The van der Waals surface area contributed by atoms with Crippen LogP contribution in [0.2, 0.25) is 5.02 Å². The molecule has 1 aromatic heterocycles. The van der Waals surface area contributed by atoms with Crippen LogP contribution in [-0.2, 0) is 6.54 Å². The van der Waals surface area contributed by atoms with Crippen molar-refractivity contribution in [2.24, 2.45) is 0 Å². The summed E-state index contributed by atoms with van der Waals surface area (Å²) < 4.78 is 5.33. The number of carbonyl (C=O) groups is 1. The van der Waals surface area contributed by atoms with Gasteiger partial charge < -0.3 is 15.4 Å². The zero-order valence-electron chi connectivity index (χ0n) is 15.0. The summed E-state index contributed by atoms with van der Waals surface area (Å²) in [6.07, 6.45) is 0. The fourth-order valence-electron chi connectivity index (χ4n) is 2.45. The third-order valence-corrected chi connectivity index (χ3v) is 4.13. The van der Waals surface area contributed by atoms with Crippen molar-refractivity contribution >= 4 is 29.0 Å². The number of ether oxygens (including phenoxy) is 1. The Balaban J connectivity index is 1.63. The maximum Gasteiger partial charge on any atom is 0.272 e. The average molecular weight is 383 g/mol. The van der Waals surface area contributed by atoms with E-state index in [1.807, 2.05) is 37.3 Å². The maximum atomic E-state index is 12.2. The Kier molecular flexibility index (Phi) is 5.88. The standard InChI is InChI=1S/C20H19ClN4O2/c1-13-3-9-18(27-2)17(11-13)23-19-10-8-16(24-25-19)20(26)22-12-14-4-6-15(21)7-5-14/h3-11H,12H2,1-2H3,(H,22,26)(H,23,25). The molecule has 0 spiro atoms. The van der Waals surface area contributed by atoms with E-state index < -0.39 is 0 Å². The number of methoxy groups -OCH3 is 1. The van der Waals surface area contributed by atoms with Gasteiger partial charge in [-0.25, -0.2) is 0 Å². The van der Waals surface area contributed by atoms with Crippen molar-refractivity contribution in [1.82, 2.24) is 15.5 Å². The Labute approximate surface area is 162 Å². The number of anilines is 2. The number of rotatable bonds is 6. The van der Waals surface area contributed by atoms with E-state index in [1.165, 1.54) is 0 Å². The number of amides is 1. The van der Waals surface area contributed by atoms with Crippen LogP contribution in [0.5, 0.6) is 5.75 Å². The Hall–Kier alpha value is -3.12. The van der Waals surface area contributed by atoms with Crippen LogP contribution in [-0.4, -0.2) is 23.2 Å². The molecule has 1 heterocycles. The molecule has 1 amide bonds. The molecule has 0 bridgehead atoms. The number of hydrogen-bond donors (Lipinski definition) is 2. The number of carbonyl (C=O) groups excluding carboxylic acids is 1. The van der Waals surface area contributed by atoms with Gasteiger partial charge in [-0.2, -0.15) is 0 Å².